The Morgan fingerprint density at radius 2 is 1.33 bits per heavy atom. The molecule has 0 aromatic heterocycles. The second kappa shape index (κ2) is 2.92. The molecular formula is C2Cl3S. The van der Waals surface area contributed by atoms with Gasteiger partial charge in [-0.15, -0.1) is 0 Å². The lowest BCUT2D eigenvalue weighted by molar-refractivity contribution is 2.29. The number of hydrogen-bond donors (Lipinski definition) is 0. The Kier molecular flexibility index (Phi) is 3.32. The molecule has 0 heterocycles. The monoisotopic (exact) mass is 161 g/mol. The van der Waals surface area contributed by atoms with Crippen molar-refractivity contribution in [1.82, 2.24) is 0 Å². The van der Waals surface area contributed by atoms with Crippen molar-refractivity contribution in [2.24, 2.45) is 0 Å². The molecule has 0 rings (SSSR count). The summed E-state index contributed by atoms with van der Waals surface area (Å²) in [5.41, 5.74) is 0. The van der Waals surface area contributed by atoms with Crippen molar-refractivity contribution in [3.63, 3.8) is 0 Å². The van der Waals surface area contributed by atoms with Crippen molar-refractivity contribution in [1.29, 1.82) is 0 Å². The van der Waals surface area contributed by atoms with Gasteiger partial charge in [-0.2, -0.15) is 0 Å². The van der Waals surface area contributed by atoms with E-state index in [1.165, 1.54) is 0 Å². The average molecular weight is 162 g/mol. The average Bonchev–Trinajstić information content (AvgIpc) is 1.36. The summed E-state index contributed by atoms with van der Waals surface area (Å²) in [7, 11) is 0. The SMILES string of the molecule is [S]C(Cl)=C(Cl)Cl. The van der Waals surface area contributed by atoms with Gasteiger partial charge in [-0.3, -0.25) is 0 Å². The molecule has 0 saturated heterocycles. The molecule has 35 valence electrons. The summed E-state index contributed by atoms with van der Waals surface area (Å²) in [6.45, 7) is 0. The fourth-order valence-electron chi connectivity index (χ4n) is 0. The topological polar surface area (TPSA) is 0 Å². The van der Waals surface area contributed by atoms with E-state index in [-0.39, 0.29) is 8.86 Å². The zero-order valence-electron chi connectivity index (χ0n) is 2.54. The molecule has 1 radical (unpaired) electrons. The second-order valence-corrected chi connectivity index (χ2v) is 2.49. The minimum absolute atomic E-state index is 0.0123. The summed E-state index contributed by atoms with van der Waals surface area (Å²) in [6.07, 6.45) is 0. The summed E-state index contributed by atoms with van der Waals surface area (Å²) in [4.78, 5) is 0. The van der Waals surface area contributed by atoms with Gasteiger partial charge in [0, 0.05) is 0 Å². The van der Waals surface area contributed by atoms with Gasteiger partial charge in [0.2, 0.25) is 0 Å². The molecule has 0 aliphatic carbocycles. The Morgan fingerprint density at radius 1 is 1.17 bits per heavy atom. The van der Waals surface area contributed by atoms with Gasteiger partial charge < -0.3 is 0 Å². The summed E-state index contributed by atoms with van der Waals surface area (Å²) in [5.74, 6) is 0. The van der Waals surface area contributed by atoms with Crippen LogP contribution in [0, 0.1) is 0 Å². The van der Waals surface area contributed by atoms with Gasteiger partial charge in [-0.25, -0.2) is 0 Å². The highest BCUT2D eigenvalue weighted by Crippen LogP contribution is 2.19. The van der Waals surface area contributed by atoms with Crippen molar-refractivity contribution < 1.29 is 0 Å². The van der Waals surface area contributed by atoms with Gasteiger partial charge in [-0.1, -0.05) is 47.4 Å². The minimum Gasteiger partial charge on any atom is -0.0689 e. The van der Waals surface area contributed by atoms with Gasteiger partial charge in [0.1, 0.15) is 8.86 Å². The third-order valence-corrected chi connectivity index (χ3v) is 1.34. The standard InChI is InChI=1S/C2Cl3S/c3-1(4)2(5)6. The van der Waals surface area contributed by atoms with E-state index in [4.69, 9.17) is 34.8 Å². The maximum Gasteiger partial charge on any atom is 0.136 e. The van der Waals surface area contributed by atoms with Crippen molar-refractivity contribution >= 4 is 47.4 Å². The van der Waals surface area contributed by atoms with Gasteiger partial charge in [0.25, 0.3) is 0 Å². The van der Waals surface area contributed by atoms with Crippen LogP contribution in [0.5, 0.6) is 0 Å². The molecule has 4 heteroatoms. The van der Waals surface area contributed by atoms with Crippen molar-refractivity contribution in [3.05, 3.63) is 8.86 Å². The lowest BCUT2D eigenvalue weighted by Gasteiger charge is -1.76. The zero-order chi connectivity index (χ0) is 5.15. The van der Waals surface area contributed by atoms with Gasteiger partial charge in [0.15, 0.2) is 0 Å². The van der Waals surface area contributed by atoms with E-state index < -0.39 is 0 Å². The summed E-state index contributed by atoms with van der Waals surface area (Å²) in [5, 5.41) is 0. The van der Waals surface area contributed by atoms with Crippen LogP contribution in [0.25, 0.3) is 0 Å². The second-order valence-electron chi connectivity index (χ2n) is 0.534. The molecule has 0 fully saturated rings. The lowest BCUT2D eigenvalue weighted by Crippen LogP contribution is -1.48. The fourth-order valence-corrected chi connectivity index (χ4v) is 0. The Balaban J connectivity index is 3.68. The third-order valence-electron chi connectivity index (χ3n) is 0.149. The number of rotatable bonds is 0. The smallest absolute Gasteiger partial charge is 0.0689 e. The van der Waals surface area contributed by atoms with Crippen LogP contribution in [0.4, 0.5) is 0 Å². The molecule has 0 N–H and O–H groups in total. The van der Waals surface area contributed by atoms with Crippen LogP contribution in [0.2, 0.25) is 0 Å². The first-order chi connectivity index (χ1) is 2.64. The van der Waals surface area contributed by atoms with Crippen molar-refractivity contribution in [3.8, 4) is 0 Å². The van der Waals surface area contributed by atoms with Crippen LogP contribution in [0.15, 0.2) is 8.86 Å². The van der Waals surface area contributed by atoms with Gasteiger partial charge >= 0.3 is 0 Å². The molecule has 0 aromatic carbocycles. The maximum atomic E-state index is 5.04. The van der Waals surface area contributed by atoms with Crippen LogP contribution < -0.4 is 0 Å². The molecule has 0 aromatic rings. The number of halogens is 3. The first-order valence-corrected chi connectivity index (χ1v) is 2.56. The molecule has 0 aliphatic rings. The van der Waals surface area contributed by atoms with E-state index in [2.05, 4.69) is 12.6 Å². The highest BCUT2D eigenvalue weighted by Gasteiger charge is 1.88. The molecule has 0 bridgehead atoms. The third kappa shape index (κ3) is 3.04. The Hall–Kier alpha value is 0.830. The largest absolute Gasteiger partial charge is 0.136 e. The van der Waals surface area contributed by atoms with Crippen LogP contribution in [-0.2, 0) is 0 Å². The molecule has 0 atom stereocenters. The minimum atomic E-state index is -0.0494. The Morgan fingerprint density at radius 3 is 1.33 bits per heavy atom. The predicted molar refractivity (Wildman–Crippen MR) is 32.2 cm³/mol. The molecular weight excluding hydrogens is 162 g/mol. The van der Waals surface area contributed by atoms with E-state index in [0.29, 0.717) is 0 Å². The van der Waals surface area contributed by atoms with E-state index >= 15 is 0 Å². The molecule has 0 aliphatic heterocycles. The number of hydrogen-bond acceptors (Lipinski definition) is 0. The lowest BCUT2D eigenvalue weighted by atomic mass is 11.2. The first kappa shape index (κ1) is 6.83. The molecule has 0 unspecified atom stereocenters. The summed E-state index contributed by atoms with van der Waals surface area (Å²) < 4.78 is -0.0370. The van der Waals surface area contributed by atoms with Crippen molar-refractivity contribution in [2.75, 3.05) is 0 Å². The Labute approximate surface area is 56.5 Å². The molecule has 0 amide bonds. The highest BCUT2D eigenvalue weighted by molar-refractivity contribution is 7.86. The fraction of sp³-hybridized carbons (Fsp3) is 0. The maximum absolute atomic E-state index is 5.04. The quantitative estimate of drug-likeness (QED) is 0.514. The van der Waals surface area contributed by atoms with Gasteiger partial charge in [-0.05, 0) is 0 Å². The first-order valence-electron chi connectivity index (χ1n) is 1.02. The van der Waals surface area contributed by atoms with Gasteiger partial charge in [0.05, 0.1) is 0 Å². The highest BCUT2D eigenvalue weighted by atomic mass is 35.5. The zero-order valence-corrected chi connectivity index (χ0v) is 5.63. The van der Waals surface area contributed by atoms with Crippen LogP contribution in [0.1, 0.15) is 0 Å². The molecule has 0 spiro atoms. The normalized spacial score (nSPS) is 7.83. The molecule has 0 nitrogen and oxygen atoms in total. The Bertz CT molecular complexity index is 58.9. The van der Waals surface area contributed by atoms with E-state index in [1.54, 1.807) is 0 Å². The van der Waals surface area contributed by atoms with E-state index in [9.17, 15) is 0 Å². The van der Waals surface area contributed by atoms with E-state index in [0.717, 1.165) is 0 Å². The van der Waals surface area contributed by atoms with Crippen LogP contribution >= 0.6 is 47.4 Å². The molecule has 6 heavy (non-hydrogen) atoms. The predicted octanol–water partition coefficient (Wildman–Crippen LogP) is 3.03. The van der Waals surface area contributed by atoms with Crippen molar-refractivity contribution in [2.45, 2.75) is 0 Å². The van der Waals surface area contributed by atoms with E-state index in [1.807, 2.05) is 0 Å². The molecule has 0 saturated carbocycles. The van der Waals surface area contributed by atoms with Crippen LogP contribution in [0.3, 0.4) is 0 Å². The summed E-state index contributed by atoms with van der Waals surface area (Å²) >= 11 is 19.4. The van der Waals surface area contributed by atoms with Crippen LogP contribution in [-0.4, -0.2) is 0 Å². The summed E-state index contributed by atoms with van der Waals surface area (Å²) in [6, 6.07) is 0.